The van der Waals surface area contributed by atoms with Crippen LogP contribution in [0.4, 0.5) is 0 Å². The zero-order valence-corrected chi connectivity index (χ0v) is 18.7. The average molecular weight is 419 g/mol. The minimum absolute atomic E-state index is 0.184. The van der Waals surface area contributed by atoms with Gasteiger partial charge in [0.1, 0.15) is 6.61 Å². The van der Waals surface area contributed by atoms with Crippen molar-refractivity contribution in [2.75, 3.05) is 6.61 Å². The molecule has 3 nitrogen and oxygen atoms in total. The maximum Gasteiger partial charge on any atom is 0.217 e. The Morgan fingerprint density at radius 2 is 1.73 bits per heavy atom. The summed E-state index contributed by atoms with van der Waals surface area (Å²) in [6.45, 7) is 8.95. The van der Waals surface area contributed by atoms with Gasteiger partial charge in [-0.25, -0.2) is 4.99 Å². The molecule has 1 aliphatic rings. The van der Waals surface area contributed by atoms with Crippen molar-refractivity contribution in [1.82, 2.24) is 4.98 Å². The van der Waals surface area contributed by atoms with E-state index in [-0.39, 0.29) is 10.9 Å². The first-order chi connectivity index (χ1) is 14.4. The van der Waals surface area contributed by atoms with E-state index in [9.17, 15) is 0 Å². The van der Waals surface area contributed by atoms with Crippen LogP contribution in [-0.2, 0) is 11.2 Å². The molecule has 0 saturated heterocycles. The number of aliphatic imine (C=N–C) groups is 1. The van der Waals surface area contributed by atoms with Gasteiger partial charge in [-0.1, -0.05) is 49.4 Å². The first kappa shape index (κ1) is 20.6. The van der Waals surface area contributed by atoms with Gasteiger partial charge < -0.3 is 4.74 Å². The van der Waals surface area contributed by atoms with E-state index < -0.39 is 0 Å². The summed E-state index contributed by atoms with van der Waals surface area (Å²) < 4.78 is 5.90. The van der Waals surface area contributed by atoms with E-state index in [1.165, 1.54) is 5.56 Å². The van der Waals surface area contributed by atoms with Gasteiger partial charge in [0, 0.05) is 17.5 Å². The lowest BCUT2D eigenvalue weighted by Crippen LogP contribution is -2.17. The minimum Gasteiger partial charge on any atom is -0.475 e. The van der Waals surface area contributed by atoms with Crippen molar-refractivity contribution in [3.63, 3.8) is 0 Å². The first-order valence-electron chi connectivity index (χ1n) is 10.4. The molecule has 0 aliphatic carbocycles. The van der Waals surface area contributed by atoms with E-state index in [1.807, 2.05) is 25.3 Å². The van der Waals surface area contributed by atoms with Crippen LogP contribution < -0.4 is 0 Å². The predicted octanol–water partition coefficient (Wildman–Crippen LogP) is 6.50. The van der Waals surface area contributed by atoms with Gasteiger partial charge in [0.15, 0.2) is 0 Å². The molecule has 2 heterocycles. The van der Waals surface area contributed by atoms with Crippen LogP contribution >= 0.6 is 11.6 Å². The summed E-state index contributed by atoms with van der Waals surface area (Å²) in [5.41, 5.74) is 7.49. The van der Waals surface area contributed by atoms with Gasteiger partial charge in [-0.05, 0) is 67.1 Å². The normalized spacial score (nSPS) is 16.1. The molecular weight excluding hydrogens is 392 g/mol. The number of nitrogens with zero attached hydrogens (tertiary/aromatic N) is 2. The van der Waals surface area contributed by atoms with Gasteiger partial charge in [0.25, 0.3) is 0 Å². The third-order valence-corrected chi connectivity index (χ3v) is 6.02. The van der Waals surface area contributed by atoms with Gasteiger partial charge in [0.05, 0.1) is 10.9 Å². The molecule has 0 spiro atoms. The Balaban J connectivity index is 1.68. The molecule has 0 saturated carbocycles. The van der Waals surface area contributed by atoms with E-state index in [1.54, 1.807) is 0 Å². The second-order valence-corrected chi connectivity index (χ2v) is 8.81. The van der Waals surface area contributed by atoms with Crippen molar-refractivity contribution >= 4 is 17.5 Å². The summed E-state index contributed by atoms with van der Waals surface area (Å²) >= 11 is 6.91. The average Bonchev–Trinajstić information content (AvgIpc) is 3.12. The molecule has 4 rings (SSSR count). The number of pyridine rings is 1. The maximum atomic E-state index is 6.91. The number of ether oxygens (including phenoxy) is 1. The number of hydrogen-bond donors (Lipinski definition) is 0. The third kappa shape index (κ3) is 3.99. The van der Waals surface area contributed by atoms with Crippen LogP contribution in [0.15, 0.2) is 65.8 Å². The zero-order valence-electron chi connectivity index (χ0n) is 17.9. The molecule has 1 unspecified atom stereocenters. The third-order valence-electron chi connectivity index (χ3n) is 5.55. The zero-order chi connectivity index (χ0) is 21.3. The molecule has 4 heteroatoms. The summed E-state index contributed by atoms with van der Waals surface area (Å²) in [7, 11) is 0. The van der Waals surface area contributed by atoms with Crippen LogP contribution in [-0.4, -0.2) is 23.0 Å². The maximum absolute atomic E-state index is 6.91. The largest absolute Gasteiger partial charge is 0.475 e. The molecule has 0 fully saturated rings. The molecule has 1 aliphatic heterocycles. The lowest BCUT2D eigenvalue weighted by molar-refractivity contribution is 0.279. The SMILES string of the molecule is CCc1ccnc(C)c1C(Cl)c1ccc(-c2ccccc2C2=NC(C)(C)CO2)cc1. The first-order valence-corrected chi connectivity index (χ1v) is 10.8. The lowest BCUT2D eigenvalue weighted by atomic mass is 9.94. The van der Waals surface area contributed by atoms with Crippen molar-refractivity contribution in [2.24, 2.45) is 4.99 Å². The van der Waals surface area contributed by atoms with Crippen molar-refractivity contribution < 1.29 is 4.74 Å². The standard InChI is InChI=1S/C26H27ClN2O/c1-5-18-14-15-28-17(2)23(18)24(27)20-12-10-19(11-13-20)21-8-6-7-9-22(21)25-29-26(3,4)16-30-25/h6-15,24H,5,16H2,1-4H3. The highest BCUT2D eigenvalue weighted by atomic mass is 35.5. The molecule has 3 aromatic rings. The highest BCUT2D eigenvalue weighted by molar-refractivity contribution is 6.22. The fourth-order valence-electron chi connectivity index (χ4n) is 3.93. The fourth-order valence-corrected chi connectivity index (χ4v) is 4.37. The Morgan fingerprint density at radius 3 is 2.37 bits per heavy atom. The number of hydrogen-bond acceptors (Lipinski definition) is 3. The monoisotopic (exact) mass is 418 g/mol. The molecule has 154 valence electrons. The van der Waals surface area contributed by atoms with E-state index in [0.717, 1.165) is 39.9 Å². The Hall–Kier alpha value is -2.65. The molecule has 0 amide bonds. The van der Waals surface area contributed by atoms with E-state index >= 15 is 0 Å². The Labute approximate surface area is 183 Å². The Bertz CT molecular complexity index is 1090. The summed E-state index contributed by atoms with van der Waals surface area (Å²) in [5, 5.41) is -0.221. The molecule has 2 aromatic carbocycles. The molecule has 1 aromatic heterocycles. The molecule has 30 heavy (non-hydrogen) atoms. The summed E-state index contributed by atoms with van der Waals surface area (Å²) in [6, 6.07) is 18.8. The topological polar surface area (TPSA) is 34.5 Å². The van der Waals surface area contributed by atoms with E-state index in [0.29, 0.717) is 12.5 Å². The molecular formula is C26H27ClN2O. The van der Waals surface area contributed by atoms with Crippen LogP contribution in [0.3, 0.4) is 0 Å². The van der Waals surface area contributed by atoms with Crippen LogP contribution in [0.1, 0.15) is 54.1 Å². The van der Waals surface area contributed by atoms with Gasteiger partial charge in [-0.15, -0.1) is 11.6 Å². The fraction of sp³-hybridized carbons (Fsp3) is 0.308. The number of halogens is 1. The van der Waals surface area contributed by atoms with Crippen molar-refractivity contribution in [3.05, 3.63) is 88.7 Å². The Kier molecular flexibility index (Phi) is 5.66. The summed E-state index contributed by atoms with van der Waals surface area (Å²) in [5.74, 6) is 0.716. The van der Waals surface area contributed by atoms with Crippen molar-refractivity contribution in [1.29, 1.82) is 0 Å². The summed E-state index contributed by atoms with van der Waals surface area (Å²) in [4.78, 5) is 9.21. The second kappa shape index (κ2) is 8.23. The minimum atomic E-state index is -0.221. The van der Waals surface area contributed by atoms with E-state index in [2.05, 4.69) is 68.2 Å². The van der Waals surface area contributed by atoms with Crippen molar-refractivity contribution in [2.45, 2.75) is 45.0 Å². The van der Waals surface area contributed by atoms with Gasteiger partial charge >= 0.3 is 0 Å². The number of alkyl halides is 1. The van der Waals surface area contributed by atoms with Gasteiger partial charge in [-0.3, -0.25) is 4.98 Å². The summed E-state index contributed by atoms with van der Waals surface area (Å²) in [6.07, 6.45) is 2.79. The van der Waals surface area contributed by atoms with Crippen LogP contribution in [0.5, 0.6) is 0 Å². The van der Waals surface area contributed by atoms with E-state index in [4.69, 9.17) is 21.3 Å². The molecule has 1 atom stereocenters. The quantitative estimate of drug-likeness (QED) is 0.443. The number of benzene rings is 2. The molecule has 0 bridgehead atoms. The number of rotatable bonds is 5. The van der Waals surface area contributed by atoms with Crippen LogP contribution in [0.2, 0.25) is 0 Å². The number of aromatic nitrogens is 1. The lowest BCUT2D eigenvalue weighted by Gasteiger charge is -2.17. The predicted molar refractivity (Wildman–Crippen MR) is 124 cm³/mol. The van der Waals surface area contributed by atoms with Crippen molar-refractivity contribution in [3.8, 4) is 11.1 Å². The van der Waals surface area contributed by atoms with Crippen LogP contribution in [0.25, 0.3) is 11.1 Å². The van der Waals surface area contributed by atoms with Gasteiger partial charge in [0.2, 0.25) is 5.90 Å². The smallest absolute Gasteiger partial charge is 0.217 e. The Morgan fingerprint density at radius 1 is 1.03 bits per heavy atom. The highest BCUT2D eigenvalue weighted by Gasteiger charge is 2.28. The van der Waals surface area contributed by atoms with Crippen LogP contribution in [0, 0.1) is 6.92 Å². The number of aryl methyl sites for hydroxylation is 2. The molecule has 0 N–H and O–H groups in total. The highest BCUT2D eigenvalue weighted by Crippen LogP contribution is 2.35. The van der Waals surface area contributed by atoms with Gasteiger partial charge in [-0.2, -0.15) is 0 Å². The molecule has 0 radical (unpaired) electrons. The second-order valence-electron chi connectivity index (χ2n) is 8.37.